The number of fused-ring (bicyclic) bond motifs is 1. The Morgan fingerprint density at radius 3 is 2.60 bits per heavy atom. The van der Waals surface area contributed by atoms with Crippen molar-refractivity contribution in [3.05, 3.63) is 59.2 Å². The van der Waals surface area contributed by atoms with Crippen LogP contribution >= 0.6 is 15.9 Å². The Balaban J connectivity index is 1.51. The molecule has 2 aromatic carbocycles. The SMILES string of the molecule is Brc1cccc(Nc2ccnc(Nc3ccc4c(c3)OCCO4)n2)c1. The molecule has 1 aromatic heterocycles. The van der Waals surface area contributed by atoms with Gasteiger partial charge in [-0.2, -0.15) is 4.98 Å². The molecule has 4 rings (SSSR count). The van der Waals surface area contributed by atoms with Crippen LogP contribution in [0, 0.1) is 0 Å². The number of ether oxygens (including phenoxy) is 2. The van der Waals surface area contributed by atoms with E-state index in [1.54, 1.807) is 6.20 Å². The van der Waals surface area contributed by atoms with E-state index >= 15 is 0 Å². The van der Waals surface area contributed by atoms with Crippen LogP contribution in [0.2, 0.25) is 0 Å². The molecule has 2 N–H and O–H groups in total. The molecule has 0 unspecified atom stereocenters. The van der Waals surface area contributed by atoms with Crippen LogP contribution in [0.15, 0.2) is 59.2 Å². The van der Waals surface area contributed by atoms with E-state index in [2.05, 4.69) is 36.5 Å². The highest BCUT2D eigenvalue weighted by atomic mass is 79.9. The summed E-state index contributed by atoms with van der Waals surface area (Å²) in [5, 5.41) is 6.44. The Labute approximate surface area is 153 Å². The molecular formula is C18H15BrN4O2. The minimum atomic E-state index is 0.497. The average Bonchev–Trinajstić information content (AvgIpc) is 2.62. The van der Waals surface area contributed by atoms with Gasteiger partial charge in [-0.3, -0.25) is 0 Å². The van der Waals surface area contributed by atoms with Crippen molar-refractivity contribution in [1.82, 2.24) is 9.97 Å². The van der Waals surface area contributed by atoms with Gasteiger partial charge in [0.15, 0.2) is 11.5 Å². The summed E-state index contributed by atoms with van der Waals surface area (Å²) in [5.41, 5.74) is 1.78. The predicted molar refractivity (Wildman–Crippen MR) is 100 cm³/mol. The second kappa shape index (κ2) is 6.98. The van der Waals surface area contributed by atoms with Crippen LogP contribution in [-0.4, -0.2) is 23.2 Å². The predicted octanol–water partition coefficient (Wildman–Crippen LogP) is 4.50. The summed E-state index contributed by atoms with van der Waals surface area (Å²) in [6.07, 6.45) is 1.70. The van der Waals surface area contributed by atoms with Crippen LogP contribution < -0.4 is 20.1 Å². The Morgan fingerprint density at radius 1 is 0.880 bits per heavy atom. The summed E-state index contributed by atoms with van der Waals surface area (Å²) < 4.78 is 12.1. The summed E-state index contributed by atoms with van der Waals surface area (Å²) in [6.45, 7) is 1.13. The van der Waals surface area contributed by atoms with E-state index in [1.165, 1.54) is 0 Å². The molecule has 0 aliphatic carbocycles. The van der Waals surface area contributed by atoms with Crippen molar-refractivity contribution >= 4 is 39.1 Å². The molecule has 0 atom stereocenters. The summed E-state index contributed by atoms with van der Waals surface area (Å²) in [7, 11) is 0. The Kier molecular flexibility index (Phi) is 4.39. The standard InChI is InChI=1S/C18H15BrN4O2/c19-12-2-1-3-13(10-12)21-17-6-7-20-18(23-17)22-14-4-5-15-16(11-14)25-9-8-24-15/h1-7,10-11H,8-9H2,(H2,20,21,22,23). The van der Waals surface area contributed by atoms with E-state index in [0.717, 1.165) is 27.3 Å². The monoisotopic (exact) mass is 398 g/mol. The second-order valence-electron chi connectivity index (χ2n) is 5.38. The first kappa shape index (κ1) is 15.7. The quantitative estimate of drug-likeness (QED) is 0.674. The average molecular weight is 399 g/mol. The van der Waals surface area contributed by atoms with Crippen LogP contribution in [0.4, 0.5) is 23.1 Å². The van der Waals surface area contributed by atoms with Crippen molar-refractivity contribution in [2.45, 2.75) is 0 Å². The highest BCUT2D eigenvalue weighted by Crippen LogP contribution is 2.33. The Bertz CT molecular complexity index is 904. The van der Waals surface area contributed by atoms with Crippen molar-refractivity contribution < 1.29 is 9.47 Å². The third-order valence-corrected chi connectivity index (χ3v) is 4.04. The lowest BCUT2D eigenvalue weighted by molar-refractivity contribution is 0.171. The molecule has 3 aromatic rings. The largest absolute Gasteiger partial charge is 0.486 e. The molecule has 6 nitrogen and oxygen atoms in total. The van der Waals surface area contributed by atoms with Crippen molar-refractivity contribution in [3.63, 3.8) is 0 Å². The van der Waals surface area contributed by atoms with Gasteiger partial charge in [0, 0.05) is 28.1 Å². The fourth-order valence-electron chi connectivity index (χ4n) is 2.45. The number of hydrogen-bond acceptors (Lipinski definition) is 6. The van der Waals surface area contributed by atoms with Crippen LogP contribution in [0.1, 0.15) is 0 Å². The first-order valence-electron chi connectivity index (χ1n) is 7.79. The fraction of sp³-hybridized carbons (Fsp3) is 0.111. The van der Waals surface area contributed by atoms with E-state index in [9.17, 15) is 0 Å². The zero-order valence-corrected chi connectivity index (χ0v) is 14.8. The number of nitrogens with one attached hydrogen (secondary N) is 2. The maximum atomic E-state index is 5.59. The van der Waals surface area contributed by atoms with Crippen LogP contribution in [0.5, 0.6) is 11.5 Å². The smallest absolute Gasteiger partial charge is 0.229 e. The van der Waals surface area contributed by atoms with Gasteiger partial charge in [-0.05, 0) is 36.4 Å². The van der Waals surface area contributed by atoms with Gasteiger partial charge in [-0.15, -0.1) is 0 Å². The molecule has 2 heterocycles. The molecular weight excluding hydrogens is 384 g/mol. The highest BCUT2D eigenvalue weighted by molar-refractivity contribution is 9.10. The molecule has 0 fully saturated rings. The minimum absolute atomic E-state index is 0.497. The zero-order valence-electron chi connectivity index (χ0n) is 13.2. The molecule has 0 amide bonds. The van der Waals surface area contributed by atoms with Gasteiger partial charge >= 0.3 is 0 Å². The summed E-state index contributed by atoms with van der Waals surface area (Å²) in [4.78, 5) is 8.75. The Hall–Kier alpha value is -2.80. The molecule has 0 spiro atoms. The third-order valence-electron chi connectivity index (χ3n) is 3.55. The van der Waals surface area contributed by atoms with Gasteiger partial charge in [0.1, 0.15) is 19.0 Å². The number of benzene rings is 2. The van der Waals surface area contributed by atoms with Crippen LogP contribution in [0.3, 0.4) is 0 Å². The number of hydrogen-bond donors (Lipinski definition) is 2. The number of nitrogens with zero attached hydrogens (tertiary/aromatic N) is 2. The first-order chi connectivity index (χ1) is 12.3. The van der Waals surface area contributed by atoms with Gasteiger partial charge in [0.2, 0.25) is 5.95 Å². The van der Waals surface area contributed by atoms with Gasteiger partial charge in [0.25, 0.3) is 0 Å². The van der Waals surface area contributed by atoms with E-state index < -0.39 is 0 Å². The maximum Gasteiger partial charge on any atom is 0.229 e. The number of anilines is 4. The zero-order chi connectivity index (χ0) is 17.1. The third kappa shape index (κ3) is 3.83. The fourth-order valence-corrected chi connectivity index (χ4v) is 2.85. The van der Waals surface area contributed by atoms with Crippen molar-refractivity contribution in [1.29, 1.82) is 0 Å². The molecule has 7 heteroatoms. The first-order valence-corrected chi connectivity index (χ1v) is 8.58. The summed E-state index contributed by atoms with van der Waals surface area (Å²) in [6, 6.07) is 15.4. The lowest BCUT2D eigenvalue weighted by Gasteiger charge is -2.19. The lowest BCUT2D eigenvalue weighted by atomic mass is 10.2. The molecule has 1 aliphatic rings. The van der Waals surface area contributed by atoms with Crippen LogP contribution in [-0.2, 0) is 0 Å². The van der Waals surface area contributed by atoms with Gasteiger partial charge in [-0.1, -0.05) is 22.0 Å². The molecule has 25 heavy (non-hydrogen) atoms. The number of rotatable bonds is 4. The van der Waals surface area contributed by atoms with Gasteiger partial charge in [0.05, 0.1) is 0 Å². The Morgan fingerprint density at radius 2 is 1.72 bits per heavy atom. The van der Waals surface area contributed by atoms with Gasteiger partial charge in [-0.25, -0.2) is 4.98 Å². The molecule has 126 valence electrons. The van der Waals surface area contributed by atoms with Gasteiger partial charge < -0.3 is 20.1 Å². The van der Waals surface area contributed by atoms with Crippen molar-refractivity contribution in [2.24, 2.45) is 0 Å². The van der Waals surface area contributed by atoms with E-state index in [0.29, 0.717) is 25.0 Å². The normalized spacial score (nSPS) is 12.5. The van der Waals surface area contributed by atoms with E-state index in [4.69, 9.17) is 9.47 Å². The lowest BCUT2D eigenvalue weighted by Crippen LogP contribution is -2.15. The topological polar surface area (TPSA) is 68.3 Å². The highest BCUT2D eigenvalue weighted by Gasteiger charge is 2.12. The molecule has 0 saturated carbocycles. The molecule has 0 saturated heterocycles. The molecule has 0 bridgehead atoms. The molecule has 0 radical (unpaired) electrons. The summed E-state index contributed by atoms with van der Waals surface area (Å²) >= 11 is 3.46. The maximum absolute atomic E-state index is 5.59. The second-order valence-corrected chi connectivity index (χ2v) is 6.30. The number of halogens is 1. The minimum Gasteiger partial charge on any atom is -0.486 e. The van der Waals surface area contributed by atoms with Crippen LogP contribution in [0.25, 0.3) is 0 Å². The number of aromatic nitrogens is 2. The molecule has 1 aliphatic heterocycles. The van der Waals surface area contributed by atoms with E-state index in [-0.39, 0.29) is 0 Å². The van der Waals surface area contributed by atoms with Crippen molar-refractivity contribution in [3.8, 4) is 11.5 Å². The van der Waals surface area contributed by atoms with Crippen molar-refractivity contribution in [2.75, 3.05) is 23.8 Å². The summed E-state index contributed by atoms with van der Waals surface area (Å²) in [5.74, 6) is 2.67. The van der Waals surface area contributed by atoms with E-state index in [1.807, 2.05) is 48.5 Å².